The number of carbonyl (C=O) groups is 3. The van der Waals surface area contributed by atoms with E-state index in [9.17, 15) is 14.4 Å². The fourth-order valence-corrected chi connectivity index (χ4v) is 5.19. The maximum Gasteiger partial charge on any atom is 0.242 e. The zero-order valence-electron chi connectivity index (χ0n) is 31.6. The Bertz CT molecular complexity index is 868. The number of amides is 3. The molecule has 0 aromatic rings. The van der Waals surface area contributed by atoms with Gasteiger partial charge in [0.25, 0.3) is 0 Å². The van der Waals surface area contributed by atoms with Crippen molar-refractivity contribution in [1.29, 1.82) is 0 Å². The minimum atomic E-state index is -0.394. The molecular weight excluding hydrogens is 722 g/mol. The summed E-state index contributed by atoms with van der Waals surface area (Å²) < 4.78 is 64.7. The molecule has 1 aliphatic heterocycles. The molecule has 0 aliphatic carbocycles. The van der Waals surface area contributed by atoms with E-state index in [4.69, 9.17) is 62.6 Å². The Morgan fingerprint density at radius 2 is 0.943 bits per heavy atom. The van der Waals surface area contributed by atoms with Crippen molar-refractivity contribution < 1.29 is 71.2 Å². The second kappa shape index (κ2) is 38.7. The van der Waals surface area contributed by atoms with E-state index in [0.29, 0.717) is 171 Å². The van der Waals surface area contributed by atoms with Crippen LogP contribution < -0.4 is 11.1 Å². The molecular formula is C34H65N3O15S. The number of imide groups is 1. The summed E-state index contributed by atoms with van der Waals surface area (Å²) in [7, 11) is 1.64. The van der Waals surface area contributed by atoms with Crippen molar-refractivity contribution >= 4 is 29.5 Å². The maximum atomic E-state index is 12.3. The van der Waals surface area contributed by atoms with Crippen LogP contribution in [0.1, 0.15) is 12.8 Å². The number of methoxy groups -OCH3 is 1. The SMILES string of the molecule is COCCOCCOCCOCCOCCOCCOCCOCCOCCOCCOCCOCCNC(=O)CCN1C(=O)CC(SCCN)C1=O. The highest BCUT2D eigenvalue weighted by Crippen LogP contribution is 2.24. The smallest absolute Gasteiger partial charge is 0.242 e. The van der Waals surface area contributed by atoms with E-state index in [-0.39, 0.29) is 37.1 Å². The Balaban J connectivity index is 1.69. The van der Waals surface area contributed by atoms with E-state index in [0.717, 1.165) is 4.90 Å². The van der Waals surface area contributed by atoms with E-state index in [1.807, 2.05) is 0 Å². The lowest BCUT2D eigenvalue weighted by molar-refractivity contribution is -0.138. The normalized spacial score (nSPS) is 14.5. The van der Waals surface area contributed by atoms with Crippen LogP contribution in [0.5, 0.6) is 0 Å². The topological polar surface area (TPSA) is 203 Å². The van der Waals surface area contributed by atoms with Gasteiger partial charge in [-0.05, 0) is 0 Å². The largest absolute Gasteiger partial charge is 0.382 e. The van der Waals surface area contributed by atoms with Gasteiger partial charge in [0, 0.05) is 45.3 Å². The van der Waals surface area contributed by atoms with E-state index >= 15 is 0 Å². The summed E-state index contributed by atoms with van der Waals surface area (Å²) in [5, 5.41) is 2.33. The molecule has 53 heavy (non-hydrogen) atoms. The number of nitrogens with two attached hydrogens (primary N) is 1. The van der Waals surface area contributed by atoms with Crippen molar-refractivity contribution in [3.05, 3.63) is 0 Å². The standard InChI is InChI=1S/C34H65N3O15S/c1-41-7-8-43-11-12-45-15-16-47-19-20-49-23-24-51-27-28-52-26-25-50-22-21-48-18-17-46-14-13-44-10-9-42-6-4-36-32(38)2-5-37-33(39)30-31(34(37)40)53-29-3-35/h31H,2-30,35H2,1H3,(H,36,38). The molecule has 1 aliphatic rings. The van der Waals surface area contributed by atoms with E-state index in [2.05, 4.69) is 5.32 Å². The Labute approximate surface area is 318 Å². The van der Waals surface area contributed by atoms with Gasteiger partial charge in [-0.15, -0.1) is 11.8 Å². The van der Waals surface area contributed by atoms with Crippen LogP contribution in [-0.2, 0) is 71.2 Å². The summed E-state index contributed by atoms with van der Waals surface area (Å²) in [5.74, 6) is -0.113. The first-order chi connectivity index (χ1) is 26.1. The predicted molar refractivity (Wildman–Crippen MR) is 195 cm³/mol. The van der Waals surface area contributed by atoms with Gasteiger partial charge in [-0.25, -0.2) is 0 Å². The maximum absolute atomic E-state index is 12.3. The molecule has 1 atom stereocenters. The van der Waals surface area contributed by atoms with Crippen LogP contribution in [0.25, 0.3) is 0 Å². The number of hydrogen-bond donors (Lipinski definition) is 2. The fourth-order valence-electron chi connectivity index (χ4n) is 4.24. The first-order valence-corrected chi connectivity index (χ1v) is 19.4. The number of nitrogens with zero attached hydrogens (tertiary/aromatic N) is 1. The van der Waals surface area contributed by atoms with Gasteiger partial charge in [-0.1, -0.05) is 0 Å². The lowest BCUT2D eigenvalue weighted by Gasteiger charge is -2.14. The lowest BCUT2D eigenvalue weighted by Crippen LogP contribution is -2.36. The second-order valence-electron chi connectivity index (χ2n) is 11.1. The molecule has 0 spiro atoms. The number of ether oxygens (including phenoxy) is 12. The molecule has 1 saturated heterocycles. The molecule has 312 valence electrons. The molecule has 18 nitrogen and oxygen atoms in total. The molecule has 0 bridgehead atoms. The molecule has 0 radical (unpaired) electrons. The van der Waals surface area contributed by atoms with E-state index < -0.39 is 5.25 Å². The Morgan fingerprint density at radius 1 is 0.604 bits per heavy atom. The van der Waals surface area contributed by atoms with Gasteiger partial charge in [0.05, 0.1) is 157 Å². The molecule has 0 aromatic heterocycles. The van der Waals surface area contributed by atoms with Crippen molar-refractivity contribution in [2.45, 2.75) is 18.1 Å². The van der Waals surface area contributed by atoms with Gasteiger partial charge < -0.3 is 67.9 Å². The summed E-state index contributed by atoms with van der Waals surface area (Å²) in [5.41, 5.74) is 5.47. The Kier molecular flexibility index (Phi) is 36.1. The average Bonchev–Trinajstić information content (AvgIpc) is 3.43. The summed E-state index contributed by atoms with van der Waals surface area (Å²) in [6, 6.07) is 0. The molecule has 1 unspecified atom stereocenters. The third kappa shape index (κ3) is 31.4. The third-order valence-electron chi connectivity index (χ3n) is 6.92. The first-order valence-electron chi connectivity index (χ1n) is 18.4. The highest BCUT2D eigenvalue weighted by molar-refractivity contribution is 8.00. The number of carbonyl (C=O) groups excluding carboxylic acids is 3. The monoisotopic (exact) mass is 787 g/mol. The van der Waals surface area contributed by atoms with Crippen molar-refractivity contribution in [1.82, 2.24) is 10.2 Å². The number of nitrogens with one attached hydrogen (secondary N) is 1. The number of rotatable bonds is 42. The lowest BCUT2D eigenvalue weighted by atomic mass is 10.3. The van der Waals surface area contributed by atoms with Crippen molar-refractivity contribution in [2.75, 3.05) is 184 Å². The van der Waals surface area contributed by atoms with Crippen molar-refractivity contribution in [3.63, 3.8) is 0 Å². The van der Waals surface area contributed by atoms with Gasteiger partial charge in [0.15, 0.2) is 0 Å². The van der Waals surface area contributed by atoms with Crippen LogP contribution in [0.2, 0.25) is 0 Å². The summed E-state index contributed by atoms with van der Waals surface area (Å²) in [6.07, 6.45) is 0.223. The van der Waals surface area contributed by atoms with Crippen LogP contribution in [0.4, 0.5) is 0 Å². The van der Waals surface area contributed by atoms with Crippen LogP contribution >= 0.6 is 11.8 Å². The first kappa shape index (κ1) is 49.5. The number of thioether (sulfide) groups is 1. The molecule has 1 rings (SSSR count). The van der Waals surface area contributed by atoms with Gasteiger partial charge >= 0.3 is 0 Å². The van der Waals surface area contributed by atoms with Gasteiger partial charge in [-0.3, -0.25) is 19.3 Å². The second-order valence-corrected chi connectivity index (χ2v) is 12.4. The highest BCUT2D eigenvalue weighted by atomic mass is 32.2. The van der Waals surface area contributed by atoms with Gasteiger partial charge in [0.1, 0.15) is 0 Å². The highest BCUT2D eigenvalue weighted by Gasteiger charge is 2.38. The van der Waals surface area contributed by atoms with Gasteiger partial charge in [0.2, 0.25) is 17.7 Å². The number of hydrogen-bond acceptors (Lipinski definition) is 17. The molecule has 0 saturated carbocycles. The average molecular weight is 788 g/mol. The van der Waals surface area contributed by atoms with E-state index in [1.54, 1.807) is 7.11 Å². The number of likely N-dealkylation sites (tertiary alicyclic amines) is 1. The zero-order valence-corrected chi connectivity index (χ0v) is 32.5. The predicted octanol–water partition coefficient (Wildman–Crippen LogP) is -0.859. The van der Waals surface area contributed by atoms with Crippen LogP contribution in [0.15, 0.2) is 0 Å². The van der Waals surface area contributed by atoms with Crippen LogP contribution in [0, 0.1) is 0 Å². The summed E-state index contributed by atoms with van der Waals surface area (Å²) in [6.45, 7) is 11.9. The minimum Gasteiger partial charge on any atom is -0.382 e. The van der Waals surface area contributed by atoms with Crippen molar-refractivity contribution in [3.8, 4) is 0 Å². The zero-order chi connectivity index (χ0) is 38.3. The minimum absolute atomic E-state index is 0.0591. The molecule has 0 aromatic carbocycles. The molecule has 3 N–H and O–H groups in total. The van der Waals surface area contributed by atoms with E-state index in [1.165, 1.54) is 11.8 Å². The van der Waals surface area contributed by atoms with Crippen LogP contribution in [-0.4, -0.2) is 212 Å². The van der Waals surface area contributed by atoms with Crippen molar-refractivity contribution in [2.24, 2.45) is 5.73 Å². The van der Waals surface area contributed by atoms with Crippen LogP contribution in [0.3, 0.4) is 0 Å². The Hall–Kier alpha value is -1.56. The molecule has 1 fully saturated rings. The quantitative estimate of drug-likeness (QED) is 0.0571. The molecule has 1 heterocycles. The third-order valence-corrected chi connectivity index (χ3v) is 8.16. The molecule has 3 amide bonds. The molecule has 19 heteroatoms. The Morgan fingerprint density at radius 3 is 1.28 bits per heavy atom. The summed E-state index contributed by atoms with van der Waals surface area (Å²) in [4.78, 5) is 37.6. The van der Waals surface area contributed by atoms with Gasteiger partial charge in [-0.2, -0.15) is 0 Å². The summed E-state index contributed by atoms with van der Waals surface area (Å²) >= 11 is 1.38. The fraction of sp³-hybridized carbons (Fsp3) is 0.912.